The zero-order valence-electron chi connectivity index (χ0n) is 9.14. The lowest BCUT2D eigenvalue weighted by atomic mass is 9.89. The summed E-state index contributed by atoms with van der Waals surface area (Å²) in [5.41, 5.74) is 6.25. The Morgan fingerprint density at radius 2 is 1.92 bits per heavy atom. The van der Waals surface area contributed by atoms with Crippen molar-refractivity contribution in [1.82, 2.24) is 0 Å². The standard InChI is InChI=1S/C11H22N2/c1-9(2)10(12)13-8-11(3)6-4-5-7-11/h9H,4-8H2,1-3H3,(H2,12,13). The molecule has 1 saturated carbocycles. The molecule has 2 heteroatoms. The van der Waals surface area contributed by atoms with Crippen molar-refractivity contribution < 1.29 is 0 Å². The summed E-state index contributed by atoms with van der Waals surface area (Å²) in [5.74, 6) is 1.21. The molecule has 0 heterocycles. The van der Waals surface area contributed by atoms with E-state index in [1.807, 2.05) is 0 Å². The van der Waals surface area contributed by atoms with E-state index in [1.54, 1.807) is 0 Å². The van der Waals surface area contributed by atoms with E-state index in [4.69, 9.17) is 5.73 Å². The molecule has 0 aliphatic heterocycles. The molecule has 1 aliphatic rings. The molecular formula is C11H22N2. The van der Waals surface area contributed by atoms with Crippen LogP contribution in [0.5, 0.6) is 0 Å². The number of aliphatic imine (C=N–C) groups is 1. The molecular weight excluding hydrogens is 160 g/mol. The lowest BCUT2D eigenvalue weighted by Gasteiger charge is -2.21. The van der Waals surface area contributed by atoms with Crippen molar-refractivity contribution in [1.29, 1.82) is 0 Å². The summed E-state index contributed by atoms with van der Waals surface area (Å²) in [6.07, 6.45) is 5.38. The van der Waals surface area contributed by atoms with Crippen molar-refractivity contribution in [3.05, 3.63) is 0 Å². The molecule has 0 unspecified atom stereocenters. The minimum absolute atomic E-state index is 0.394. The maximum absolute atomic E-state index is 5.80. The second kappa shape index (κ2) is 4.12. The van der Waals surface area contributed by atoms with Crippen LogP contribution in [0.4, 0.5) is 0 Å². The van der Waals surface area contributed by atoms with Gasteiger partial charge >= 0.3 is 0 Å². The minimum Gasteiger partial charge on any atom is -0.387 e. The van der Waals surface area contributed by atoms with Crippen molar-refractivity contribution >= 4 is 5.84 Å². The Morgan fingerprint density at radius 1 is 1.38 bits per heavy atom. The summed E-state index contributed by atoms with van der Waals surface area (Å²) in [6.45, 7) is 7.44. The van der Waals surface area contributed by atoms with E-state index < -0.39 is 0 Å². The first-order chi connectivity index (χ1) is 6.03. The largest absolute Gasteiger partial charge is 0.387 e. The fourth-order valence-corrected chi connectivity index (χ4v) is 1.85. The van der Waals surface area contributed by atoms with Crippen molar-refractivity contribution in [3.8, 4) is 0 Å². The van der Waals surface area contributed by atoms with E-state index in [-0.39, 0.29) is 0 Å². The number of amidine groups is 1. The molecule has 0 radical (unpaired) electrons. The van der Waals surface area contributed by atoms with Crippen LogP contribution in [-0.4, -0.2) is 12.4 Å². The highest BCUT2D eigenvalue weighted by atomic mass is 14.9. The lowest BCUT2D eigenvalue weighted by molar-refractivity contribution is 0.350. The van der Waals surface area contributed by atoms with Crippen LogP contribution >= 0.6 is 0 Å². The fraction of sp³-hybridized carbons (Fsp3) is 0.909. The van der Waals surface area contributed by atoms with E-state index in [2.05, 4.69) is 25.8 Å². The Balaban J connectivity index is 2.44. The van der Waals surface area contributed by atoms with Gasteiger partial charge in [0.05, 0.1) is 5.84 Å². The molecule has 13 heavy (non-hydrogen) atoms. The molecule has 0 aromatic heterocycles. The van der Waals surface area contributed by atoms with E-state index in [9.17, 15) is 0 Å². The van der Waals surface area contributed by atoms with Gasteiger partial charge in [0.1, 0.15) is 0 Å². The van der Waals surface area contributed by atoms with Gasteiger partial charge in [0.25, 0.3) is 0 Å². The number of nitrogens with two attached hydrogens (primary N) is 1. The maximum atomic E-state index is 5.80. The van der Waals surface area contributed by atoms with Crippen LogP contribution < -0.4 is 5.73 Å². The van der Waals surface area contributed by atoms with Gasteiger partial charge in [0, 0.05) is 12.5 Å². The summed E-state index contributed by atoms with van der Waals surface area (Å²) in [5, 5.41) is 0. The average Bonchev–Trinajstić information content (AvgIpc) is 2.48. The van der Waals surface area contributed by atoms with Gasteiger partial charge in [-0.25, -0.2) is 0 Å². The zero-order valence-corrected chi connectivity index (χ0v) is 9.14. The maximum Gasteiger partial charge on any atom is 0.0963 e. The first kappa shape index (κ1) is 10.6. The van der Waals surface area contributed by atoms with Gasteiger partial charge in [0.15, 0.2) is 0 Å². The molecule has 0 spiro atoms. The van der Waals surface area contributed by atoms with Crippen LogP contribution in [0.2, 0.25) is 0 Å². The van der Waals surface area contributed by atoms with Crippen LogP contribution in [0.15, 0.2) is 4.99 Å². The average molecular weight is 182 g/mol. The highest BCUT2D eigenvalue weighted by Gasteiger charge is 2.28. The van der Waals surface area contributed by atoms with E-state index in [0.29, 0.717) is 11.3 Å². The third kappa shape index (κ3) is 3.02. The van der Waals surface area contributed by atoms with Gasteiger partial charge in [-0.2, -0.15) is 0 Å². The normalized spacial score (nSPS) is 22.6. The third-order valence-electron chi connectivity index (χ3n) is 3.05. The van der Waals surface area contributed by atoms with Crippen molar-refractivity contribution in [2.75, 3.05) is 6.54 Å². The van der Waals surface area contributed by atoms with Crippen molar-refractivity contribution in [2.45, 2.75) is 46.5 Å². The summed E-state index contributed by atoms with van der Waals surface area (Å²) < 4.78 is 0. The van der Waals surface area contributed by atoms with Crippen LogP contribution in [0.1, 0.15) is 46.5 Å². The molecule has 2 nitrogen and oxygen atoms in total. The topological polar surface area (TPSA) is 38.4 Å². The Morgan fingerprint density at radius 3 is 2.38 bits per heavy atom. The Kier molecular flexibility index (Phi) is 3.34. The quantitative estimate of drug-likeness (QED) is 0.529. The van der Waals surface area contributed by atoms with Gasteiger partial charge in [-0.05, 0) is 18.3 Å². The predicted octanol–water partition coefficient (Wildman–Crippen LogP) is 2.58. The predicted molar refractivity (Wildman–Crippen MR) is 57.9 cm³/mol. The molecule has 0 atom stereocenters. The lowest BCUT2D eigenvalue weighted by Crippen LogP contribution is -2.23. The Hall–Kier alpha value is -0.530. The molecule has 0 aromatic rings. The first-order valence-corrected chi connectivity index (χ1v) is 5.33. The molecule has 0 amide bonds. The summed E-state index contributed by atoms with van der Waals surface area (Å²) in [6, 6.07) is 0. The molecule has 2 N–H and O–H groups in total. The second-order valence-corrected chi connectivity index (χ2v) is 4.91. The van der Waals surface area contributed by atoms with Crippen molar-refractivity contribution in [3.63, 3.8) is 0 Å². The number of hydrogen-bond acceptors (Lipinski definition) is 1. The van der Waals surface area contributed by atoms with Crippen LogP contribution in [0, 0.1) is 11.3 Å². The monoisotopic (exact) mass is 182 g/mol. The summed E-state index contributed by atoms with van der Waals surface area (Å²) in [7, 11) is 0. The molecule has 0 aromatic carbocycles. The van der Waals surface area contributed by atoms with Gasteiger partial charge < -0.3 is 5.73 Å². The van der Waals surface area contributed by atoms with Gasteiger partial charge in [-0.15, -0.1) is 0 Å². The van der Waals surface area contributed by atoms with E-state index in [1.165, 1.54) is 25.7 Å². The van der Waals surface area contributed by atoms with Crippen LogP contribution in [0.3, 0.4) is 0 Å². The minimum atomic E-state index is 0.394. The van der Waals surface area contributed by atoms with Gasteiger partial charge in [0.2, 0.25) is 0 Å². The fourth-order valence-electron chi connectivity index (χ4n) is 1.85. The number of rotatable bonds is 3. The van der Waals surface area contributed by atoms with E-state index >= 15 is 0 Å². The highest BCUT2D eigenvalue weighted by molar-refractivity contribution is 5.82. The first-order valence-electron chi connectivity index (χ1n) is 5.33. The molecule has 0 bridgehead atoms. The summed E-state index contributed by atoms with van der Waals surface area (Å²) >= 11 is 0. The SMILES string of the molecule is CC(C)C(N)=NCC1(C)CCCC1. The smallest absolute Gasteiger partial charge is 0.0963 e. The van der Waals surface area contributed by atoms with E-state index in [0.717, 1.165) is 12.4 Å². The third-order valence-corrected chi connectivity index (χ3v) is 3.05. The van der Waals surface area contributed by atoms with Crippen LogP contribution in [0.25, 0.3) is 0 Å². The molecule has 1 rings (SSSR count). The molecule has 1 aliphatic carbocycles. The van der Waals surface area contributed by atoms with Gasteiger partial charge in [-0.3, -0.25) is 4.99 Å². The summed E-state index contributed by atoms with van der Waals surface area (Å²) in [4.78, 5) is 4.47. The Bertz CT molecular complexity index is 188. The second-order valence-electron chi connectivity index (χ2n) is 4.91. The number of nitrogens with zero attached hydrogens (tertiary/aromatic N) is 1. The molecule has 76 valence electrons. The Labute approximate surface area is 81.6 Å². The zero-order chi connectivity index (χ0) is 9.90. The number of hydrogen-bond donors (Lipinski definition) is 1. The van der Waals surface area contributed by atoms with Gasteiger partial charge in [-0.1, -0.05) is 33.6 Å². The van der Waals surface area contributed by atoms with Crippen LogP contribution in [-0.2, 0) is 0 Å². The highest BCUT2D eigenvalue weighted by Crippen LogP contribution is 2.37. The van der Waals surface area contributed by atoms with Crippen molar-refractivity contribution in [2.24, 2.45) is 22.1 Å². The molecule has 1 fully saturated rings. The molecule has 0 saturated heterocycles.